The molecule has 0 radical (unpaired) electrons. The van der Waals surface area contributed by atoms with Crippen molar-refractivity contribution in [3.8, 4) is 11.4 Å². The predicted octanol–water partition coefficient (Wildman–Crippen LogP) is 2.45. The number of aromatic nitrogens is 2. The van der Waals surface area contributed by atoms with E-state index in [1.165, 1.54) is 0 Å². The monoisotopic (exact) mass is 406 g/mol. The zero-order valence-electron chi connectivity index (χ0n) is 16.3. The summed E-state index contributed by atoms with van der Waals surface area (Å²) in [6.45, 7) is 1.08. The smallest absolute Gasteiger partial charge is 0.342 e. The molecule has 4 rings (SSSR count). The van der Waals surface area contributed by atoms with Crippen molar-refractivity contribution in [3.05, 3.63) is 70.7 Å². The molecule has 8 heteroatoms. The Balaban J connectivity index is 1.39. The van der Waals surface area contributed by atoms with Gasteiger partial charge in [-0.2, -0.15) is 0 Å². The molecular formula is C22H22N4O4. The number of anilines is 1. The molecule has 0 aliphatic carbocycles. The number of hydrogen-bond donors (Lipinski definition) is 2. The van der Waals surface area contributed by atoms with E-state index in [1.807, 2.05) is 30.3 Å². The van der Waals surface area contributed by atoms with Crippen molar-refractivity contribution in [1.29, 1.82) is 0 Å². The molecule has 1 atom stereocenters. The fraction of sp³-hybridized carbons (Fsp3) is 0.273. The maximum atomic E-state index is 12.8. The third-order valence-corrected chi connectivity index (χ3v) is 5.19. The minimum Gasteiger partial charge on any atom is -0.342 e. The SMILES string of the molecule is O=C(Nc1cccc(-c2noc(=O)[nH]2)c1)C1CCCN(C(=O)Cc2ccccc2)C1. The summed E-state index contributed by atoms with van der Waals surface area (Å²) < 4.78 is 4.53. The second kappa shape index (κ2) is 8.77. The summed E-state index contributed by atoms with van der Waals surface area (Å²) in [5.74, 6) is -0.698. The fourth-order valence-corrected chi connectivity index (χ4v) is 3.64. The first-order valence-electron chi connectivity index (χ1n) is 9.87. The lowest BCUT2D eigenvalue weighted by molar-refractivity contribution is -0.133. The lowest BCUT2D eigenvalue weighted by Crippen LogP contribution is -2.44. The van der Waals surface area contributed by atoms with E-state index in [0.29, 0.717) is 36.6 Å². The van der Waals surface area contributed by atoms with Gasteiger partial charge in [0.05, 0.1) is 12.3 Å². The van der Waals surface area contributed by atoms with E-state index in [1.54, 1.807) is 29.2 Å². The number of amides is 2. The molecule has 2 heterocycles. The van der Waals surface area contributed by atoms with Crippen LogP contribution in [0.5, 0.6) is 0 Å². The largest absolute Gasteiger partial charge is 0.439 e. The van der Waals surface area contributed by atoms with Gasteiger partial charge in [-0.3, -0.25) is 19.1 Å². The van der Waals surface area contributed by atoms with E-state index < -0.39 is 5.76 Å². The van der Waals surface area contributed by atoms with E-state index in [0.717, 1.165) is 18.4 Å². The average Bonchev–Trinajstić information content (AvgIpc) is 3.21. The van der Waals surface area contributed by atoms with Crippen LogP contribution >= 0.6 is 0 Å². The number of rotatable bonds is 5. The number of likely N-dealkylation sites (tertiary alicyclic amines) is 1. The van der Waals surface area contributed by atoms with E-state index in [4.69, 9.17) is 0 Å². The first-order chi connectivity index (χ1) is 14.6. The summed E-state index contributed by atoms with van der Waals surface area (Å²) in [6.07, 6.45) is 1.86. The molecule has 2 amide bonds. The molecule has 1 unspecified atom stereocenters. The molecule has 1 fully saturated rings. The molecule has 8 nitrogen and oxygen atoms in total. The van der Waals surface area contributed by atoms with Gasteiger partial charge >= 0.3 is 5.76 Å². The summed E-state index contributed by atoms with van der Waals surface area (Å²) in [7, 11) is 0. The molecule has 0 saturated carbocycles. The highest BCUT2D eigenvalue weighted by Crippen LogP contribution is 2.22. The Morgan fingerprint density at radius 1 is 1.17 bits per heavy atom. The molecule has 2 aromatic carbocycles. The molecule has 1 aliphatic heterocycles. The highest BCUT2D eigenvalue weighted by Gasteiger charge is 2.28. The molecule has 3 aromatic rings. The van der Waals surface area contributed by atoms with Gasteiger partial charge in [-0.15, -0.1) is 0 Å². The molecule has 1 aliphatic rings. The molecule has 0 bridgehead atoms. The third-order valence-electron chi connectivity index (χ3n) is 5.19. The van der Waals surface area contributed by atoms with Crippen molar-refractivity contribution in [2.75, 3.05) is 18.4 Å². The van der Waals surface area contributed by atoms with E-state index >= 15 is 0 Å². The van der Waals surface area contributed by atoms with Crippen molar-refractivity contribution in [3.63, 3.8) is 0 Å². The number of aromatic amines is 1. The van der Waals surface area contributed by atoms with Crippen molar-refractivity contribution in [2.45, 2.75) is 19.3 Å². The average molecular weight is 406 g/mol. The maximum Gasteiger partial charge on any atom is 0.439 e. The van der Waals surface area contributed by atoms with Crippen LogP contribution in [0.4, 0.5) is 5.69 Å². The van der Waals surface area contributed by atoms with E-state index in [2.05, 4.69) is 20.0 Å². The van der Waals surface area contributed by atoms with Crippen LogP contribution in [-0.2, 0) is 16.0 Å². The van der Waals surface area contributed by atoms with Crippen molar-refractivity contribution >= 4 is 17.5 Å². The first kappa shape index (κ1) is 19.6. The second-order valence-corrected chi connectivity index (χ2v) is 7.35. The Labute approximate surface area is 172 Å². The van der Waals surface area contributed by atoms with Crippen LogP contribution in [0.25, 0.3) is 11.4 Å². The lowest BCUT2D eigenvalue weighted by Gasteiger charge is -2.32. The van der Waals surface area contributed by atoms with Crippen LogP contribution in [0, 0.1) is 5.92 Å². The van der Waals surface area contributed by atoms with Crippen LogP contribution in [0.1, 0.15) is 18.4 Å². The van der Waals surface area contributed by atoms with Gasteiger partial charge in [-0.25, -0.2) is 4.79 Å². The summed E-state index contributed by atoms with van der Waals surface area (Å²) in [5, 5.41) is 6.57. The highest BCUT2D eigenvalue weighted by molar-refractivity contribution is 5.93. The molecular weight excluding hydrogens is 384 g/mol. The van der Waals surface area contributed by atoms with Gasteiger partial charge in [-0.05, 0) is 30.5 Å². The van der Waals surface area contributed by atoms with Gasteiger partial charge in [0.2, 0.25) is 11.8 Å². The van der Waals surface area contributed by atoms with Gasteiger partial charge in [0.15, 0.2) is 5.82 Å². The number of nitrogens with zero attached hydrogens (tertiary/aromatic N) is 2. The van der Waals surface area contributed by atoms with Gasteiger partial charge < -0.3 is 10.2 Å². The number of benzene rings is 2. The molecule has 1 aromatic heterocycles. The van der Waals surface area contributed by atoms with Crippen molar-refractivity contribution in [2.24, 2.45) is 5.92 Å². The Morgan fingerprint density at radius 3 is 2.77 bits per heavy atom. The topological polar surface area (TPSA) is 108 Å². The van der Waals surface area contributed by atoms with E-state index in [-0.39, 0.29) is 17.7 Å². The van der Waals surface area contributed by atoms with Crippen LogP contribution in [0.2, 0.25) is 0 Å². The Morgan fingerprint density at radius 2 is 2.00 bits per heavy atom. The molecule has 2 N–H and O–H groups in total. The zero-order valence-corrected chi connectivity index (χ0v) is 16.3. The number of piperidine rings is 1. The summed E-state index contributed by atoms with van der Waals surface area (Å²) in [5.41, 5.74) is 2.19. The minimum atomic E-state index is -0.637. The maximum absolute atomic E-state index is 12.8. The third kappa shape index (κ3) is 4.65. The number of carbonyl (C=O) groups excluding carboxylic acids is 2. The number of nitrogens with one attached hydrogen (secondary N) is 2. The van der Waals surface area contributed by atoms with Crippen LogP contribution in [0.15, 0.2) is 63.9 Å². The zero-order chi connectivity index (χ0) is 20.9. The molecule has 30 heavy (non-hydrogen) atoms. The molecule has 0 spiro atoms. The summed E-state index contributed by atoms with van der Waals surface area (Å²) in [6, 6.07) is 16.6. The Kier molecular flexibility index (Phi) is 5.74. The number of carbonyl (C=O) groups is 2. The highest BCUT2D eigenvalue weighted by atomic mass is 16.5. The minimum absolute atomic E-state index is 0.0377. The second-order valence-electron chi connectivity index (χ2n) is 7.35. The Hall–Kier alpha value is -3.68. The lowest BCUT2D eigenvalue weighted by atomic mass is 9.96. The summed E-state index contributed by atoms with van der Waals surface area (Å²) in [4.78, 5) is 40.9. The van der Waals surface area contributed by atoms with Crippen LogP contribution in [0.3, 0.4) is 0 Å². The molecule has 1 saturated heterocycles. The van der Waals surface area contributed by atoms with Crippen LogP contribution < -0.4 is 11.1 Å². The summed E-state index contributed by atoms with van der Waals surface area (Å²) >= 11 is 0. The first-order valence-corrected chi connectivity index (χ1v) is 9.87. The van der Waals surface area contributed by atoms with Crippen molar-refractivity contribution in [1.82, 2.24) is 15.0 Å². The predicted molar refractivity (Wildman–Crippen MR) is 111 cm³/mol. The quantitative estimate of drug-likeness (QED) is 0.677. The van der Waals surface area contributed by atoms with Gasteiger partial charge in [0.1, 0.15) is 0 Å². The normalized spacial score (nSPS) is 16.3. The fourth-order valence-electron chi connectivity index (χ4n) is 3.64. The van der Waals surface area contributed by atoms with Gasteiger partial charge in [-0.1, -0.05) is 47.6 Å². The standard InChI is InChI=1S/C22H22N4O4/c27-19(12-15-6-2-1-3-7-15)26-11-5-9-17(14-26)21(28)23-18-10-4-8-16(13-18)20-24-22(29)30-25-20/h1-4,6-8,10,13,17H,5,9,11-12,14H2,(H,23,28)(H,24,25,29). The van der Waals surface area contributed by atoms with E-state index in [9.17, 15) is 14.4 Å². The number of hydrogen-bond acceptors (Lipinski definition) is 5. The van der Waals surface area contributed by atoms with Gasteiger partial charge in [0.25, 0.3) is 0 Å². The van der Waals surface area contributed by atoms with Crippen LogP contribution in [-0.4, -0.2) is 39.9 Å². The number of H-pyrrole nitrogens is 1. The van der Waals surface area contributed by atoms with Gasteiger partial charge in [0, 0.05) is 24.3 Å². The molecule has 154 valence electrons. The Bertz CT molecular complexity index is 1090. The van der Waals surface area contributed by atoms with Crippen molar-refractivity contribution < 1.29 is 14.1 Å².